The number of ether oxygens (including phenoxy) is 4. The molecule has 1 aliphatic heterocycles. The number of amides is 1. The fraction of sp³-hybridized carbons (Fsp3) is 0.409. The molecule has 1 saturated heterocycles. The molecule has 164 valence electrons. The molecule has 0 saturated carbocycles. The van der Waals surface area contributed by atoms with Gasteiger partial charge < -0.3 is 30.0 Å². The van der Waals surface area contributed by atoms with Gasteiger partial charge in [0.25, 0.3) is 5.91 Å². The Balaban J connectivity index is 0.00000320. The molecule has 0 aromatic heterocycles. The van der Waals surface area contributed by atoms with Crippen LogP contribution in [0, 0.1) is 0 Å². The van der Waals surface area contributed by atoms with Crippen LogP contribution < -0.4 is 25.3 Å². The van der Waals surface area contributed by atoms with Gasteiger partial charge in [0.1, 0.15) is 11.5 Å². The molecule has 3 N–H and O–H groups in total. The molecule has 1 heterocycles. The van der Waals surface area contributed by atoms with E-state index in [-0.39, 0.29) is 24.4 Å². The predicted molar refractivity (Wildman–Crippen MR) is 117 cm³/mol. The molecular weight excluding hydrogens is 408 g/mol. The Kier molecular flexibility index (Phi) is 9.23. The lowest BCUT2D eigenvalue weighted by atomic mass is 10.1. The molecule has 0 aliphatic carbocycles. The number of halogens is 1. The van der Waals surface area contributed by atoms with E-state index in [4.69, 9.17) is 24.7 Å². The molecule has 30 heavy (non-hydrogen) atoms. The Labute approximate surface area is 183 Å². The first kappa shape index (κ1) is 23.8. The first-order chi connectivity index (χ1) is 14.1. The molecule has 2 aromatic carbocycles. The molecule has 0 spiro atoms. The van der Waals surface area contributed by atoms with Crippen molar-refractivity contribution < 1.29 is 23.7 Å². The van der Waals surface area contributed by atoms with Crippen LogP contribution in [0.2, 0.25) is 0 Å². The zero-order chi connectivity index (χ0) is 20.6. The van der Waals surface area contributed by atoms with Crippen LogP contribution in [-0.2, 0) is 11.3 Å². The third-order valence-electron chi connectivity index (χ3n) is 4.90. The van der Waals surface area contributed by atoms with Crippen molar-refractivity contribution >= 4 is 18.3 Å². The summed E-state index contributed by atoms with van der Waals surface area (Å²) in [7, 11) is 3.14. The maximum atomic E-state index is 12.6. The molecular formula is C22H29ClN2O5. The van der Waals surface area contributed by atoms with Crippen LogP contribution in [0.5, 0.6) is 23.0 Å². The van der Waals surface area contributed by atoms with Crippen LogP contribution in [-0.4, -0.2) is 39.4 Å². The smallest absolute Gasteiger partial charge is 0.251 e. The van der Waals surface area contributed by atoms with Gasteiger partial charge in [-0.15, -0.1) is 12.4 Å². The molecule has 1 atom stereocenters. The highest BCUT2D eigenvalue weighted by Crippen LogP contribution is 2.34. The van der Waals surface area contributed by atoms with Gasteiger partial charge in [-0.3, -0.25) is 4.79 Å². The standard InChI is InChI=1S/C22H28N2O5.ClH/c1-26-19-9-7-15(22(25)24-14-18-5-3-4-10-28-18)11-21(19)29-17-8-6-16(13-23)20(12-17)27-2;/h6-9,11-12,18H,3-5,10,13-14,23H2,1-2H3,(H,24,25);1H. The molecule has 8 heteroatoms. The number of rotatable bonds is 8. The van der Waals surface area contributed by atoms with Gasteiger partial charge >= 0.3 is 0 Å². The van der Waals surface area contributed by atoms with E-state index < -0.39 is 0 Å². The Bertz CT molecular complexity index is 840. The Hall–Kier alpha value is -2.48. The third kappa shape index (κ3) is 6.01. The molecule has 3 rings (SSSR count). The van der Waals surface area contributed by atoms with Crippen molar-refractivity contribution in [3.05, 3.63) is 47.5 Å². The van der Waals surface area contributed by atoms with Gasteiger partial charge in [-0.1, -0.05) is 6.07 Å². The van der Waals surface area contributed by atoms with E-state index in [1.165, 1.54) is 0 Å². The minimum Gasteiger partial charge on any atom is -0.496 e. The highest BCUT2D eigenvalue weighted by Gasteiger charge is 2.17. The number of hydrogen-bond donors (Lipinski definition) is 2. The molecule has 0 bridgehead atoms. The monoisotopic (exact) mass is 436 g/mol. The van der Waals surface area contributed by atoms with E-state index in [1.54, 1.807) is 44.6 Å². The van der Waals surface area contributed by atoms with Crippen molar-refractivity contribution in [3.8, 4) is 23.0 Å². The summed E-state index contributed by atoms with van der Waals surface area (Å²) in [6.07, 6.45) is 3.27. The summed E-state index contributed by atoms with van der Waals surface area (Å²) in [5.41, 5.74) is 7.08. The summed E-state index contributed by atoms with van der Waals surface area (Å²) >= 11 is 0. The SMILES string of the molecule is COc1cc(Oc2cc(C(=O)NCC3CCCCO3)ccc2OC)ccc1CN.Cl. The molecule has 1 unspecified atom stereocenters. The quantitative estimate of drug-likeness (QED) is 0.655. The minimum absolute atomic E-state index is 0. The van der Waals surface area contributed by atoms with Gasteiger partial charge in [0.15, 0.2) is 11.5 Å². The minimum atomic E-state index is -0.178. The van der Waals surface area contributed by atoms with Crippen LogP contribution in [0.25, 0.3) is 0 Å². The number of methoxy groups -OCH3 is 2. The molecule has 2 aromatic rings. The van der Waals surface area contributed by atoms with Crippen LogP contribution in [0.3, 0.4) is 0 Å². The summed E-state index contributed by atoms with van der Waals surface area (Å²) in [5.74, 6) is 1.99. The second-order valence-corrected chi connectivity index (χ2v) is 6.84. The summed E-state index contributed by atoms with van der Waals surface area (Å²) in [6.45, 7) is 1.62. The lowest BCUT2D eigenvalue weighted by Gasteiger charge is -2.22. The average Bonchev–Trinajstić information content (AvgIpc) is 2.78. The number of hydrogen-bond acceptors (Lipinski definition) is 6. The maximum Gasteiger partial charge on any atom is 0.251 e. The van der Waals surface area contributed by atoms with Crippen molar-refractivity contribution in [2.24, 2.45) is 5.73 Å². The van der Waals surface area contributed by atoms with Crippen LogP contribution in [0.1, 0.15) is 35.2 Å². The first-order valence-electron chi connectivity index (χ1n) is 9.77. The van der Waals surface area contributed by atoms with E-state index in [9.17, 15) is 4.79 Å². The van der Waals surface area contributed by atoms with Crippen LogP contribution in [0.4, 0.5) is 0 Å². The highest BCUT2D eigenvalue weighted by atomic mass is 35.5. The molecule has 7 nitrogen and oxygen atoms in total. The van der Waals surface area contributed by atoms with E-state index in [0.717, 1.165) is 31.4 Å². The second-order valence-electron chi connectivity index (χ2n) is 6.84. The van der Waals surface area contributed by atoms with Crippen molar-refractivity contribution in [1.29, 1.82) is 0 Å². The maximum absolute atomic E-state index is 12.6. The van der Waals surface area contributed by atoms with Gasteiger partial charge in [0, 0.05) is 36.9 Å². The van der Waals surface area contributed by atoms with Gasteiger partial charge in [0.2, 0.25) is 0 Å². The van der Waals surface area contributed by atoms with Crippen LogP contribution >= 0.6 is 12.4 Å². The van der Waals surface area contributed by atoms with E-state index in [2.05, 4.69) is 5.32 Å². The van der Waals surface area contributed by atoms with Gasteiger partial charge in [0.05, 0.1) is 20.3 Å². The summed E-state index contributed by atoms with van der Waals surface area (Å²) in [4.78, 5) is 12.6. The molecule has 1 amide bonds. The summed E-state index contributed by atoms with van der Waals surface area (Å²) < 4.78 is 22.4. The number of carbonyl (C=O) groups excluding carboxylic acids is 1. The lowest BCUT2D eigenvalue weighted by molar-refractivity contribution is 0.0169. The molecule has 1 fully saturated rings. The predicted octanol–water partition coefficient (Wildman–Crippen LogP) is 3.68. The Morgan fingerprint density at radius 2 is 1.90 bits per heavy atom. The van der Waals surface area contributed by atoms with E-state index >= 15 is 0 Å². The third-order valence-corrected chi connectivity index (χ3v) is 4.90. The zero-order valence-electron chi connectivity index (χ0n) is 17.3. The fourth-order valence-corrected chi connectivity index (χ4v) is 3.26. The largest absolute Gasteiger partial charge is 0.496 e. The van der Waals surface area contributed by atoms with Crippen molar-refractivity contribution in [3.63, 3.8) is 0 Å². The number of benzene rings is 2. The lowest BCUT2D eigenvalue weighted by Crippen LogP contribution is -2.35. The molecule has 1 aliphatic rings. The van der Waals surface area contributed by atoms with Crippen molar-refractivity contribution in [2.75, 3.05) is 27.4 Å². The zero-order valence-corrected chi connectivity index (χ0v) is 18.1. The number of carbonyl (C=O) groups is 1. The first-order valence-corrected chi connectivity index (χ1v) is 9.77. The van der Waals surface area contributed by atoms with Crippen LogP contribution in [0.15, 0.2) is 36.4 Å². The average molecular weight is 437 g/mol. The van der Waals surface area contributed by atoms with Crippen molar-refractivity contribution in [1.82, 2.24) is 5.32 Å². The second kappa shape index (κ2) is 11.6. The number of nitrogens with two attached hydrogens (primary N) is 1. The normalized spacial score (nSPS) is 15.6. The van der Waals surface area contributed by atoms with Crippen molar-refractivity contribution in [2.45, 2.75) is 31.9 Å². The topological polar surface area (TPSA) is 92.0 Å². The number of nitrogens with one attached hydrogen (secondary N) is 1. The molecule has 0 radical (unpaired) electrons. The summed E-state index contributed by atoms with van der Waals surface area (Å²) in [6, 6.07) is 10.5. The van der Waals surface area contributed by atoms with E-state index in [1.807, 2.05) is 6.07 Å². The fourth-order valence-electron chi connectivity index (χ4n) is 3.26. The Morgan fingerprint density at radius 1 is 1.10 bits per heavy atom. The Morgan fingerprint density at radius 3 is 2.57 bits per heavy atom. The van der Waals surface area contributed by atoms with E-state index in [0.29, 0.717) is 41.7 Å². The van der Waals surface area contributed by atoms with Gasteiger partial charge in [-0.05, 0) is 43.5 Å². The van der Waals surface area contributed by atoms with Gasteiger partial charge in [-0.25, -0.2) is 0 Å². The summed E-state index contributed by atoms with van der Waals surface area (Å²) in [5, 5.41) is 2.94. The highest BCUT2D eigenvalue weighted by molar-refractivity contribution is 5.94. The van der Waals surface area contributed by atoms with Gasteiger partial charge in [-0.2, -0.15) is 0 Å².